The van der Waals surface area contributed by atoms with Crippen LogP contribution in [0.3, 0.4) is 0 Å². The average Bonchev–Trinajstić information content (AvgIpc) is 3.11. The molecule has 0 unspecified atom stereocenters. The molecular weight excluding hydrogens is 366 g/mol. The number of piperidine rings is 1. The Morgan fingerprint density at radius 2 is 1.90 bits per heavy atom. The lowest BCUT2D eigenvalue weighted by molar-refractivity contribution is -0.147. The maximum atomic E-state index is 13.2. The van der Waals surface area contributed by atoms with Crippen molar-refractivity contribution in [1.29, 1.82) is 0 Å². The molecular formula is C22H31N5O2. The van der Waals surface area contributed by atoms with Gasteiger partial charge in [-0.15, -0.1) is 10.2 Å². The highest BCUT2D eigenvalue weighted by molar-refractivity contribution is 5.84. The second kappa shape index (κ2) is 7.78. The maximum absolute atomic E-state index is 13.2. The smallest absolute Gasteiger partial charge is 0.266 e. The number of likely N-dealkylation sites (tertiary alicyclic amines) is 1. The largest absolute Gasteiger partial charge is 0.478 e. The highest BCUT2D eigenvalue weighted by Gasteiger charge is 2.37. The third kappa shape index (κ3) is 4.15. The van der Waals surface area contributed by atoms with Gasteiger partial charge in [0, 0.05) is 19.0 Å². The van der Waals surface area contributed by atoms with E-state index in [1.807, 2.05) is 49.9 Å². The molecule has 2 aliphatic rings. The van der Waals surface area contributed by atoms with E-state index in [1.54, 1.807) is 0 Å². The zero-order valence-corrected chi connectivity index (χ0v) is 17.9. The molecule has 2 aliphatic heterocycles. The average molecular weight is 398 g/mol. The van der Waals surface area contributed by atoms with E-state index >= 15 is 0 Å². The Labute approximate surface area is 172 Å². The summed E-state index contributed by atoms with van der Waals surface area (Å²) in [7, 11) is 2.17. The molecule has 2 aromatic rings. The van der Waals surface area contributed by atoms with Gasteiger partial charge in [-0.2, -0.15) is 0 Å². The van der Waals surface area contributed by atoms with Crippen molar-refractivity contribution >= 4 is 5.91 Å². The van der Waals surface area contributed by atoms with Gasteiger partial charge in [-0.05, 0) is 71.4 Å². The number of rotatable bonds is 4. The number of ether oxygens (including phenoxy) is 1. The first kappa shape index (κ1) is 19.9. The molecule has 29 heavy (non-hydrogen) atoms. The normalized spacial score (nSPS) is 18.6. The topological polar surface area (TPSA) is 63.5 Å². The summed E-state index contributed by atoms with van der Waals surface area (Å²) < 4.78 is 8.29. The molecule has 0 radical (unpaired) electrons. The number of aromatic nitrogens is 3. The predicted molar refractivity (Wildman–Crippen MR) is 111 cm³/mol. The van der Waals surface area contributed by atoms with E-state index in [1.165, 1.54) is 0 Å². The highest BCUT2D eigenvalue weighted by Crippen LogP contribution is 2.29. The first-order valence-electron chi connectivity index (χ1n) is 10.5. The van der Waals surface area contributed by atoms with Crippen LogP contribution < -0.4 is 4.74 Å². The summed E-state index contributed by atoms with van der Waals surface area (Å²) in [4.78, 5) is 17.4. The molecule has 156 valence electrons. The van der Waals surface area contributed by atoms with Crippen molar-refractivity contribution in [2.75, 3.05) is 26.7 Å². The first-order chi connectivity index (χ1) is 13.8. The van der Waals surface area contributed by atoms with E-state index in [0.29, 0.717) is 24.8 Å². The van der Waals surface area contributed by atoms with Crippen molar-refractivity contribution < 1.29 is 9.53 Å². The maximum Gasteiger partial charge on any atom is 0.266 e. The fourth-order valence-corrected chi connectivity index (χ4v) is 4.32. The SMILES string of the molecule is Cc1cccc(OC(C)(C)C(=O)N2CCn3c(nnc3C3CCN(C)CC3)C2)c1. The first-order valence-corrected chi connectivity index (χ1v) is 10.5. The van der Waals surface area contributed by atoms with Crippen molar-refractivity contribution in [3.8, 4) is 5.75 Å². The molecule has 0 spiro atoms. The molecule has 0 saturated carbocycles. The lowest BCUT2D eigenvalue weighted by atomic mass is 9.96. The second-order valence-electron chi connectivity index (χ2n) is 8.86. The van der Waals surface area contributed by atoms with Gasteiger partial charge in [0.05, 0.1) is 6.54 Å². The molecule has 3 heterocycles. The summed E-state index contributed by atoms with van der Waals surface area (Å²) in [6.45, 7) is 9.77. The Hall–Kier alpha value is -2.41. The lowest BCUT2D eigenvalue weighted by Crippen LogP contribution is -2.51. The van der Waals surface area contributed by atoms with Crippen molar-refractivity contribution in [2.24, 2.45) is 0 Å². The second-order valence-corrected chi connectivity index (χ2v) is 8.86. The van der Waals surface area contributed by atoms with Crippen LogP contribution in [-0.2, 0) is 17.9 Å². The Bertz CT molecular complexity index is 883. The molecule has 7 heteroatoms. The van der Waals surface area contributed by atoms with Gasteiger partial charge < -0.3 is 19.1 Å². The number of amides is 1. The molecule has 0 aliphatic carbocycles. The van der Waals surface area contributed by atoms with Crippen LogP contribution in [0, 0.1) is 6.92 Å². The molecule has 7 nitrogen and oxygen atoms in total. The highest BCUT2D eigenvalue weighted by atomic mass is 16.5. The molecule has 1 fully saturated rings. The molecule has 0 N–H and O–H groups in total. The van der Waals surface area contributed by atoms with Gasteiger partial charge >= 0.3 is 0 Å². The van der Waals surface area contributed by atoms with E-state index in [9.17, 15) is 4.79 Å². The number of carbonyl (C=O) groups is 1. The number of benzene rings is 1. The molecule has 1 aromatic heterocycles. The molecule has 4 rings (SSSR count). The molecule has 1 aromatic carbocycles. The van der Waals surface area contributed by atoms with Gasteiger partial charge in [0.1, 0.15) is 11.6 Å². The molecule has 1 saturated heterocycles. The summed E-state index contributed by atoms with van der Waals surface area (Å²) in [5.74, 6) is 3.14. The van der Waals surface area contributed by atoms with Crippen molar-refractivity contribution in [3.63, 3.8) is 0 Å². The third-order valence-electron chi connectivity index (χ3n) is 6.03. The van der Waals surface area contributed by atoms with Crippen molar-refractivity contribution in [1.82, 2.24) is 24.6 Å². The Balaban J connectivity index is 1.45. The summed E-state index contributed by atoms with van der Waals surface area (Å²) >= 11 is 0. The van der Waals surface area contributed by atoms with E-state index < -0.39 is 5.60 Å². The van der Waals surface area contributed by atoms with Gasteiger partial charge in [0.2, 0.25) is 0 Å². The molecule has 0 atom stereocenters. The van der Waals surface area contributed by atoms with Gasteiger partial charge in [0.15, 0.2) is 11.4 Å². The minimum absolute atomic E-state index is 0.0194. The number of carbonyl (C=O) groups excluding carboxylic acids is 1. The fraction of sp³-hybridized carbons (Fsp3) is 0.591. The number of hydrogen-bond donors (Lipinski definition) is 0. The number of aryl methyl sites for hydroxylation is 1. The Kier molecular flexibility index (Phi) is 5.34. The number of hydrogen-bond acceptors (Lipinski definition) is 5. The van der Waals surface area contributed by atoms with Crippen LogP contribution in [0.15, 0.2) is 24.3 Å². The molecule has 0 bridgehead atoms. The van der Waals surface area contributed by atoms with Gasteiger partial charge in [-0.1, -0.05) is 12.1 Å². The summed E-state index contributed by atoms with van der Waals surface area (Å²) in [6.07, 6.45) is 2.24. The predicted octanol–water partition coefficient (Wildman–Crippen LogP) is 2.60. The van der Waals surface area contributed by atoms with Crippen molar-refractivity contribution in [2.45, 2.75) is 58.2 Å². The van der Waals surface area contributed by atoms with Gasteiger partial charge in [-0.25, -0.2) is 0 Å². The van der Waals surface area contributed by atoms with Gasteiger partial charge in [-0.3, -0.25) is 4.79 Å². The van der Waals surface area contributed by atoms with Gasteiger partial charge in [0.25, 0.3) is 5.91 Å². The van der Waals surface area contributed by atoms with Crippen LogP contribution in [0.1, 0.15) is 49.8 Å². The van der Waals surface area contributed by atoms with Crippen LogP contribution in [0.2, 0.25) is 0 Å². The van der Waals surface area contributed by atoms with E-state index in [-0.39, 0.29) is 5.91 Å². The standard InChI is InChI=1S/C22H31N5O2/c1-16-6-5-7-18(14-16)29-22(2,3)21(28)26-12-13-27-19(15-26)23-24-20(27)17-8-10-25(4)11-9-17/h5-7,14,17H,8-13,15H2,1-4H3. The van der Waals surface area contributed by atoms with E-state index in [2.05, 4.69) is 26.7 Å². The summed E-state index contributed by atoms with van der Waals surface area (Å²) in [6, 6.07) is 7.80. The quantitative estimate of drug-likeness (QED) is 0.794. The van der Waals surface area contributed by atoms with Crippen LogP contribution in [-0.4, -0.2) is 62.8 Å². The number of nitrogens with zero attached hydrogens (tertiary/aromatic N) is 5. The minimum atomic E-state index is -0.938. The molecule has 1 amide bonds. The zero-order valence-electron chi connectivity index (χ0n) is 17.9. The van der Waals surface area contributed by atoms with E-state index in [0.717, 1.165) is 49.7 Å². The summed E-state index contributed by atoms with van der Waals surface area (Å²) in [5.41, 5.74) is 0.172. The van der Waals surface area contributed by atoms with Crippen LogP contribution in [0.4, 0.5) is 0 Å². The monoisotopic (exact) mass is 397 g/mol. The Morgan fingerprint density at radius 1 is 1.14 bits per heavy atom. The zero-order chi connectivity index (χ0) is 20.6. The van der Waals surface area contributed by atoms with Crippen LogP contribution in [0.25, 0.3) is 0 Å². The van der Waals surface area contributed by atoms with Crippen LogP contribution in [0.5, 0.6) is 5.75 Å². The third-order valence-corrected chi connectivity index (χ3v) is 6.03. The summed E-state index contributed by atoms with van der Waals surface area (Å²) in [5, 5.41) is 8.93. The fourth-order valence-electron chi connectivity index (χ4n) is 4.32. The number of fused-ring (bicyclic) bond motifs is 1. The Morgan fingerprint density at radius 3 is 2.62 bits per heavy atom. The van der Waals surface area contributed by atoms with Crippen LogP contribution >= 0.6 is 0 Å². The minimum Gasteiger partial charge on any atom is -0.478 e. The van der Waals surface area contributed by atoms with Crippen molar-refractivity contribution in [3.05, 3.63) is 41.5 Å². The van der Waals surface area contributed by atoms with E-state index in [4.69, 9.17) is 4.74 Å². The lowest BCUT2D eigenvalue weighted by Gasteiger charge is -2.35.